The van der Waals surface area contributed by atoms with Crippen LogP contribution in [0.3, 0.4) is 0 Å². The average Bonchev–Trinajstić information content (AvgIpc) is 2.61. The fraction of sp³-hybridized carbons (Fsp3) is 0.300. The van der Waals surface area contributed by atoms with Crippen LogP contribution in [0.4, 0.5) is 5.82 Å². The molecule has 2 aromatic heterocycles. The molecular formula is C10H13N5. The standard InChI is InChI=1S/C10H13N5/c1-4-6-14(3)9-10-13-12-8(2)15(10)7-5-11-9/h4-5,7H,1,6H2,2-3H3. The Morgan fingerprint density at radius 2 is 2.33 bits per heavy atom. The Kier molecular flexibility index (Phi) is 2.37. The monoisotopic (exact) mass is 203 g/mol. The van der Waals surface area contributed by atoms with Gasteiger partial charge in [0, 0.05) is 26.0 Å². The molecule has 15 heavy (non-hydrogen) atoms. The van der Waals surface area contributed by atoms with Crippen LogP contribution in [0.2, 0.25) is 0 Å². The molecule has 0 saturated heterocycles. The van der Waals surface area contributed by atoms with E-state index in [0.717, 1.165) is 23.8 Å². The molecule has 5 nitrogen and oxygen atoms in total. The first-order valence-electron chi connectivity index (χ1n) is 4.72. The molecule has 0 aliphatic rings. The molecule has 0 fully saturated rings. The molecule has 0 saturated carbocycles. The highest BCUT2D eigenvalue weighted by atomic mass is 15.3. The molecule has 0 aliphatic carbocycles. The van der Waals surface area contributed by atoms with Crippen LogP contribution < -0.4 is 4.90 Å². The van der Waals surface area contributed by atoms with Gasteiger partial charge in [0.1, 0.15) is 5.82 Å². The first-order valence-corrected chi connectivity index (χ1v) is 4.72. The average molecular weight is 203 g/mol. The van der Waals surface area contributed by atoms with Gasteiger partial charge in [-0.3, -0.25) is 4.40 Å². The fourth-order valence-corrected chi connectivity index (χ4v) is 1.48. The maximum Gasteiger partial charge on any atom is 0.203 e. The second kappa shape index (κ2) is 3.68. The summed E-state index contributed by atoms with van der Waals surface area (Å²) in [6.07, 6.45) is 5.43. The molecule has 78 valence electrons. The third kappa shape index (κ3) is 1.56. The first-order chi connectivity index (χ1) is 7.24. The van der Waals surface area contributed by atoms with Crippen molar-refractivity contribution in [2.75, 3.05) is 18.5 Å². The lowest BCUT2D eigenvalue weighted by molar-refractivity contribution is 0.965. The highest BCUT2D eigenvalue weighted by molar-refractivity contribution is 5.63. The molecule has 0 amide bonds. The van der Waals surface area contributed by atoms with Crippen molar-refractivity contribution in [3.8, 4) is 0 Å². The van der Waals surface area contributed by atoms with Gasteiger partial charge in [-0.1, -0.05) is 6.08 Å². The topological polar surface area (TPSA) is 46.3 Å². The molecule has 2 heterocycles. The Morgan fingerprint density at radius 3 is 3.07 bits per heavy atom. The number of aromatic nitrogens is 4. The Bertz CT molecular complexity index is 488. The predicted molar refractivity (Wildman–Crippen MR) is 59.0 cm³/mol. The number of fused-ring (bicyclic) bond motifs is 1. The zero-order chi connectivity index (χ0) is 10.8. The molecule has 0 N–H and O–H groups in total. The SMILES string of the molecule is C=CCN(C)c1nccn2c(C)nnc12. The van der Waals surface area contributed by atoms with Crippen LogP contribution in [-0.2, 0) is 0 Å². The summed E-state index contributed by atoms with van der Waals surface area (Å²) in [5.74, 6) is 1.68. The zero-order valence-corrected chi connectivity index (χ0v) is 8.88. The lowest BCUT2D eigenvalue weighted by Crippen LogP contribution is -2.19. The Hall–Kier alpha value is -1.91. The van der Waals surface area contributed by atoms with Gasteiger partial charge in [0.2, 0.25) is 5.65 Å². The molecule has 0 aliphatic heterocycles. The number of likely N-dealkylation sites (N-methyl/N-ethyl adjacent to an activating group) is 1. The maximum absolute atomic E-state index is 4.29. The van der Waals surface area contributed by atoms with E-state index >= 15 is 0 Å². The second-order valence-electron chi connectivity index (χ2n) is 3.36. The minimum atomic E-state index is 0.735. The summed E-state index contributed by atoms with van der Waals surface area (Å²) >= 11 is 0. The van der Waals surface area contributed by atoms with E-state index in [1.54, 1.807) is 6.20 Å². The van der Waals surface area contributed by atoms with E-state index in [1.807, 2.05) is 35.5 Å². The summed E-state index contributed by atoms with van der Waals surface area (Å²) in [5.41, 5.74) is 0.777. The lowest BCUT2D eigenvalue weighted by atomic mass is 10.5. The van der Waals surface area contributed by atoms with E-state index in [2.05, 4.69) is 21.8 Å². The summed E-state index contributed by atoms with van der Waals surface area (Å²) in [4.78, 5) is 6.28. The van der Waals surface area contributed by atoms with Crippen molar-refractivity contribution in [2.24, 2.45) is 0 Å². The van der Waals surface area contributed by atoms with Crippen molar-refractivity contribution < 1.29 is 0 Å². The first kappa shape index (κ1) is 9.64. The van der Waals surface area contributed by atoms with Crippen molar-refractivity contribution in [2.45, 2.75) is 6.92 Å². The Morgan fingerprint density at radius 1 is 1.53 bits per heavy atom. The van der Waals surface area contributed by atoms with Gasteiger partial charge in [0.25, 0.3) is 0 Å². The third-order valence-electron chi connectivity index (χ3n) is 2.24. The molecule has 2 rings (SSSR count). The van der Waals surface area contributed by atoms with E-state index in [9.17, 15) is 0 Å². The van der Waals surface area contributed by atoms with E-state index < -0.39 is 0 Å². The Labute approximate surface area is 88.1 Å². The molecule has 0 radical (unpaired) electrons. The van der Waals surface area contributed by atoms with Crippen molar-refractivity contribution in [1.29, 1.82) is 0 Å². The predicted octanol–water partition coefficient (Wildman–Crippen LogP) is 1.05. The maximum atomic E-state index is 4.29. The van der Waals surface area contributed by atoms with E-state index in [-0.39, 0.29) is 0 Å². The van der Waals surface area contributed by atoms with Crippen LogP contribution in [0.15, 0.2) is 25.0 Å². The molecule has 2 aromatic rings. The van der Waals surface area contributed by atoms with Crippen LogP contribution in [0.5, 0.6) is 0 Å². The minimum absolute atomic E-state index is 0.735. The van der Waals surface area contributed by atoms with Crippen LogP contribution in [-0.4, -0.2) is 33.2 Å². The number of aryl methyl sites for hydroxylation is 1. The smallest absolute Gasteiger partial charge is 0.203 e. The molecule has 0 atom stereocenters. The number of hydrogen-bond donors (Lipinski definition) is 0. The number of rotatable bonds is 3. The van der Waals surface area contributed by atoms with Gasteiger partial charge in [0.05, 0.1) is 0 Å². The van der Waals surface area contributed by atoms with Gasteiger partial charge in [-0.05, 0) is 6.92 Å². The quantitative estimate of drug-likeness (QED) is 0.700. The van der Waals surface area contributed by atoms with Crippen molar-refractivity contribution >= 4 is 11.5 Å². The van der Waals surface area contributed by atoms with Gasteiger partial charge < -0.3 is 4.90 Å². The molecule has 5 heteroatoms. The third-order valence-corrected chi connectivity index (χ3v) is 2.24. The summed E-state index contributed by atoms with van der Waals surface area (Å²) in [6.45, 7) is 6.35. The summed E-state index contributed by atoms with van der Waals surface area (Å²) in [6, 6.07) is 0. The largest absolute Gasteiger partial charge is 0.353 e. The Balaban J connectivity index is 2.55. The number of hydrogen-bond acceptors (Lipinski definition) is 4. The lowest BCUT2D eigenvalue weighted by Gasteiger charge is -2.15. The van der Waals surface area contributed by atoms with Crippen molar-refractivity contribution in [1.82, 2.24) is 19.6 Å². The number of anilines is 1. The van der Waals surface area contributed by atoms with Gasteiger partial charge >= 0.3 is 0 Å². The van der Waals surface area contributed by atoms with Crippen LogP contribution in [0.25, 0.3) is 5.65 Å². The van der Waals surface area contributed by atoms with Crippen LogP contribution in [0.1, 0.15) is 5.82 Å². The van der Waals surface area contributed by atoms with E-state index in [4.69, 9.17) is 0 Å². The van der Waals surface area contributed by atoms with Gasteiger partial charge in [0.15, 0.2) is 5.82 Å². The van der Waals surface area contributed by atoms with E-state index in [1.165, 1.54) is 0 Å². The fourth-order valence-electron chi connectivity index (χ4n) is 1.48. The van der Waals surface area contributed by atoms with Crippen molar-refractivity contribution in [3.63, 3.8) is 0 Å². The van der Waals surface area contributed by atoms with Gasteiger partial charge in [-0.25, -0.2) is 4.98 Å². The molecule has 0 spiro atoms. The summed E-state index contributed by atoms with van der Waals surface area (Å²) < 4.78 is 1.92. The highest BCUT2D eigenvalue weighted by Gasteiger charge is 2.10. The molecular weight excluding hydrogens is 190 g/mol. The highest BCUT2D eigenvalue weighted by Crippen LogP contribution is 2.15. The zero-order valence-electron chi connectivity index (χ0n) is 8.88. The second-order valence-corrected chi connectivity index (χ2v) is 3.36. The van der Waals surface area contributed by atoms with Crippen LogP contribution >= 0.6 is 0 Å². The molecule has 0 aromatic carbocycles. The summed E-state index contributed by atoms with van der Waals surface area (Å²) in [7, 11) is 1.95. The normalized spacial score (nSPS) is 10.5. The molecule has 0 bridgehead atoms. The number of nitrogens with zero attached hydrogens (tertiary/aromatic N) is 5. The summed E-state index contributed by atoms with van der Waals surface area (Å²) in [5, 5.41) is 8.12. The van der Waals surface area contributed by atoms with Crippen LogP contribution in [0, 0.1) is 6.92 Å². The molecule has 0 unspecified atom stereocenters. The van der Waals surface area contributed by atoms with Crippen molar-refractivity contribution in [3.05, 3.63) is 30.9 Å². The van der Waals surface area contributed by atoms with Gasteiger partial charge in [-0.15, -0.1) is 16.8 Å². The minimum Gasteiger partial charge on any atom is -0.353 e. The van der Waals surface area contributed by atoms with Gasteiger partial charge in [-0.2, -0.15) is 0 Å². The van der Waals surface area contributed by atoms with E-state index in [0.29, 0.717) is 0 Å².